The molecule has 0 saturated heterocycles. The molecule has 2 aromatic carbocycles. The Morgan fingerprint density at radius 1 is 1.10 bits per heavy atom. The van der Waals surface area contributed by atoms with Crippen molar-refractivity contribution in [1.82, 2.24) is 4.57 Å². The van der Waals surface area contributed by atoms with Crippen molar-refractivity contribution < 1.29 is 22.3 Å². The Kier molecular flexibility index (Phi) is 4.16. The van der Waals surface area contributed by atoms with Crippen LogP contribution >= 0.6 is 0 Å². The van der Waals surface area contributed by atoms with Crippen molar-refractivity contribution in [3.05, 3.63) is 54.0 Å². The number of carbonyl (C=O) groups excluding carboxylic acids is 1. The highest BCUT2D eigenvalue weighted by Crippen LogP contribution is 2.35. The molecule has 150 valence electrons. The first-order chi connectivity index (χ1) is 13.5. The topological polar surface area (TPSA) is 77.7 Å². The fourth-order valence-corrected chi connectivity index (χ4v) is 4.66. The van der Waals surface area contributed by atoms with E-state index in [2.05, 4.69) is 4.40 Å². The van der Waals surface area contributed by atoms with Gasteiger partial charge in [0.15, 0.2) is 0 Å². The predicted octanol–water partition coefficient (Wildman–Crippen LogP) is 4.74. The van der Waals surface area contributed by atoms with Crippen molar-refractivity contribution in [2.75, 3.05) is 0 Å². The summed E-state index contributed by atoms with van der Waals surface area (Å²) in [5, 5.41) is 0.646. The maximum atomic E-state index is 13.9. The first-order valence-corrected chi connectivity index (χ1v) is 10.4. The van der Waals surface area contributed by atoms with Gasteiger partial charge in [0.2, 0.25) is 0 Å². The van der Waals surface area contributed by atoms with Crippen molar-refractivity contribution in [2.24, 2.45) is 4.40 Å². The molecule has 0 atom stereocenters. The zero-order valence-electron chi connectivity index (χ0n) is 16.4. The summed E-state index contributed by atoms with van der Waals surface area (Å²) in [6.07, 6.45) is 0.955. The second-order valence-electron chi connectivity index (χ2n) is 7.92. The van der Waals surface area contributed by atoms with Crippen LogP contribution in [0.15, 0.2) is 51.9 Å². The number of hydrogen-bond acceptors (Lipinski definition) is 4. The minimum absolute atomic E-state index is 0.153. The standard InChI is InChI=1S/C21H19FN2O4S/c1-12-16-9-13(5-8-19(16)29(26,27)23-12)17-11-24(20(25)28-21(2,3)4)18-10-14(22)6-7-15(17)18/h5-11H,1-4H3. The highest BCUT2D eigenvalue weighted by atomic mass is 32.2. The van der Waals surface area contributed by atoms with Gasteiger partial charge in [0, 0.05) is 22.7 Å². The molecule has 0 bridgehead atoms. The van der Waals surface area contributed by atoms with E-state index in [1.54, 1.807) is 52.1 Å². The molecular formula is C21H19FN2O4S. The lowest BCUT2D eigenvalue weighted by atomic mass is 10.0. The highest BCUT2D eigenvalue weighted by Gasteiger charge is 2.27. The molecule has 3 aromatic rings. The van der Waals surface area contributed by atoms with Crippen molar-refractivity contribution in [1.29, 1.82) is 0 Å². The van der Waals surface area contributed by atoms with Gasteiger partial charge in [0.1, 0.15) is 11.4 Å². The quantitative estimate of drug-likeness (QED) is 0.576. The number of aromatic nitrogens is 1. The number of sulfonamides is 1. The van der Waals surface area contributed by atoms with Crippen LogP contribution in [0.1, 0.15) is 33.3 Å². The summed E-state index contributed by atoms with van der Waals surface area (Å²) < 4.78 is 48.5. The van der Waals surface area contributed by atoms with E-state index in [4.69, 9.17) is 4.74 Å². The van der Waals surface area contributed by atoms with Gasteiger partial charge in [-0.2, -0.15) is 12.8 Å². The van der Waals surface area contributed by atoms with Gasteiger partial charge < -0.3 is 4.74 Å². The first kappa shape index (κ1) is 19.3. The summed E-state index contributed by atoms with van der Waals surface area (Å²) in [6.45, 7) is 6.88. The van der Waals surface area contributed by atoms with Crippen molar-refractivity contribution in [3.63, 3.8) is 0 Å². The molecule has 2 heterocycles. The number of fused-ring (bicyclic) bond motifs is 2. The summed E-state index contributed by atoms with van der Waals surface area (Å²) in [5.74, 6) is -0.477. The van der Waals surface area contributed by atoms with E-state index < -0.39 is 27.5 Å². The van der Waals surface area contributed by atoms with Gasteiger partial charge in [0.05, 0.1) is 16.1 Å². The molecule has 0 radical (unpaired) electrons. The highest BCUT2D eigenvalue weighted by molar-refractivity contribution is 7.90. The van der Waals surface area contributed by atoms with E-state index in [-0.39, 0.29) is 4.90 Å². The van der Waals surface area contributed by atoms with Crippen LogP contribution in [-0.4, -0.2) is 30.4 Å². The molecule has 1 aliphatic heterocycles. The number of halogens is 1. The Bertz CT molecular complexity index is 1310. The van der Waals surface area contributed by atoms with Crippen LogP contribution in [0, 0.1) is 5.82 Å². The van der Waals surface area contributed by atoms with Gasteiger partial charge in [-0.25, -0.2) is 9.18 Å². The fourth-order valence-electron chi connectivity index (χ4n) is 3.38. The molecule has 0 fully saturated rings. The Labute approximate surface area is 167 Å². The van der Waals surface area contributed by atoms with Gasteiger partial charge in [-0.3, -0.25) is 4.57 Å². The minimum atomic E-state index is -3.67. The predicted molar refractivity (Wildman–Crippen MR) is 108 cm³/mol. The number of rotatable bonds is 1. The van der Waals surface area contributed by atoms with E-state index in [9.17, 15) is 17.6 Å². The summed E-state index contributed by atoms with van der Waals surface area (Å²) in [6, 6.07) is 9.05. The molecule has 0 unspecified atom stereocenters. The first-order valence-electron chi connectivity index (χ1n) is 8.97. The van der Waals surface area contributed by atoms with Gasteiger partial charge in [0.25, 0.3) is 10.0 Å². The van der Waals surface area contributed by atoms with E-state index >= 15 is 0 Å². The second kappa shape index (κ2) is 6.25. The number of benzene rings is 2. The normalized spacial score (nSPS) is 15.3. The third-order valence-corrected chi connectivity index (χ3v) is 6.00. The summed E-state index contributed by atoms with van der Waals surface area (Å²) in [4.78, 5) is 12.8. The molecule has 4 rings (SSSR count). The van der Waals surface area contributed by atoms with E-state index in [0.29, 0.717) is 33.3 Å². The van der Waals surface area contributed by atoms with Crippen LogP contribution in [0.4, 0.5) is 9.18 Å². The van der Waals surface area contributed by atoms with Crippen molar-refractivity contribution in [3.8, 4) is 11.1 Å². The molecule has 0 amide bonds. The Balaban J connectivity index is 1.91. The largest absolute Gasteiger partial charge is 0.443 e. The van der Waals surface area contributed by atoms with Gasteiger partial charge in [-0.05, 0) is 63.6 Å². The van der Waals surface area contributed by atoms with Gasteiger partial charge >= 0.3 is 6.09 Å². The lowest BCUT2D eigenvalue weighted by molar-refractivity contribution is 0.0544. The Morgan fingerprint density at radius 2 is 1.83 bits per heavy atom. The van der Waals surface area contributed by atoms with Crippen LogP contribution in [0.2, 0.25) is 0 Å². The lowest BCUT2D eigenvalue weighted by Crippen LogP contribution is -2.26. The summed E-state index contributed by atoms with van der Waals surface area (Å²) >= 11 is 0. The molecular weight excluding hydrogens is 395 g/mol. The van der Waals surface area contributed by atoms with E-state index in [0.717, 1.165) is 0 Å². The molecule has 8 heteroatoms. The van der Waals surface area contributed by atoms with Crippen molar-refractivity contribution in [2.45, 2.75) is 38.2 Å². The Hall–Kier alpha value is -3.00. The van der Waals surface area contributed by atoms with Crippen LogP contribution in [-0.2, 0) is 14.8 Å². The maximum Gasteiger partial charge on any atom is 0.419 e. The maximum absolute atomic E-state index is 13.9. The van der Waals surface area contributed by atoms with Crippen LogP contribution in [0.5, 0.6) is 0 Å². The zero-order valence-corrected chi connectivity index (χ0v) is 17.2. The summed E-state index contributed by atoms with van der Waals surface area (Å²) in [5.41, 5.74) is 1.93. The van der Waals surface area contributed by atoms with E-state index in [1.807, 2.05) is 0 Å². The molecule has 0 spiro atoms. The average Bonchev–Trinajstić information content (AvgIpc) is 3.08. The monoisotopic (exact) mass is 414 g/mol. The zero-order chi connectivity index (χ0) is 21.1. The van der Waals surface area contributed by atoms with Gasteiger partial charge in [-0.15, -0.1) is 0 Å². The smallest absolute Gasteiger partial charge is 0.419 e. The third-order valence-electron chi connectivity index (χ3n) is 4.57. The molecule has 0 aliphatic carbocycles. The molecule has 1 aliphatic rings. The Morgan fingerprint density at radius 3 is 2.52 bits per heavy atom. The third kappa shape index (κ3) is 3.33. The van der Waals surface area contributed by atoms with Gasteiger partial charge in [-0.1, -0.05) is 6.07 Å². The number of hydrogen-bond donors (Lipinski definition) is 0. The van der Waals surface area contributed by atoms with Crippen LogP contribution in [0.25, 0.3) is 22.0 Å². The van der Waals surface area contributed by atoms with Crippen molar-refractivity contribution >= 4 is 32.7 Å². The van der Waals surface area contributed by atoms with E-state index in [1.165, 1.54) is 22.8 Å². The second-order valence-corrected chi connectivity index (χ2v) is 9.49. The lowest BCUT2D eigenvalue weighted by Gasteiger charge is -2.19. The SMILES string of the molecule is CC1=NS(=O)(=O)c2ccc(-c3cn(C(=O)OC(C)(C)C)c4cc(F)ccc34)cc21. The molecule has 6 nitrogen and oxygen atoms in total. The molecule has 1 aromatic heterocycles. The molecule has 0 saturated carbocycles. The number of carbonyl (C=O) groups is 1. The molecule has 0 N–H and O–H groups in total. The fraction of sp³-hybridized carbons (Fsp3) is 0.238. The molecule has 29 heavy (non-hydrogen) atoms. The van der Waals surface area contributed by atoms with Crippen LogP contribution in [0.3, 0.4) is 0 Å². The summed E-state index contributed by atoms with van der Waals surface area (Å²) in [7, 11) is -3.67. The minimum Gasteiger partial charge on any atom is -0.443 e. The number of nitrogens with zero attached hydrogens (tertiary/aromatic N) is 2. The van der Waals surface area contributed by atoms with Crippen LogP contribution < -0.4 is 0 Å². The number of ether oxygens (including phenoxy) is 1. The average molecular weight is 414 g/mol.